The number of nitrogens with zero attached hydrogens (tertiary/aromatic N) is 1. The minimum Gasteiger partial charge on any atom is -0.315 e. The first-order valence-corrected chi connectivity index (χ1v) is 7.13. The molecule has 0 aromatic heterocycles. The molecule has 0 bridgehead atoms. The van der Waals surface area contributed by atoms with E-state index in [4.69, 9.17) is 0 Å². The van der Waals surface area contributed by atoms with Gasteiger partial charge in [0.05, 0.1) is 0 Å². The maximum absolute atomic E-state index is 3.49. The van der Waals surface area contributed by atoms with Crippen LogP contribution in [0.2, 0.25) is 0 Å². The fraction of sp³-hybridized carbons (Fsp3) is 1.00. The fourth-order valence-corrected chi connectivity index (χ4v) is 2.53. The molecule has 1 aliphatic rings. The normalized spacial score (nSPS) is 26.4. The molecule has 2 atom stereocenters. The van der Waals surface area contributed by atoms with Crippen LogP contribution in [0.3, 0.4) is 0 Å². The van der Waals surface area contributed by atoms with E-state index in [1.807, 2.05) is 13.8 Å². The first kappa shape index (κ1) is 15.9. The van der Waals surface area contributed by atoms with Gasteiger partial charge < -0.3 is 5.32 Å². The molecule has 0 aromatic rings. The van der Waals surface area contributed by atoms with E-state index in [-0.39, 0.29) is 0 Å². The Morgan fingerprint density at radius 3 is 2.44 bits per heavy atom. The highest BCUT2D eigenvalue weighted by Gasteiger charge is 2.29. The standard InChI is InChI=1S/C12H26N2.C2H6/c1-5-13-9-12-11(4)7-6-8-14(12)10(2)3;1-2/h10-13H,5-9H2,1-4H3;1-2H3. The fourth-order valence-electron chi connectivity index (χ4n) is 2.53. The Kier molecular flexibility index (Phi) is 8.96. The van der Waals surface area contributed by atoms with Crippen molar-refractivity contribution >= 4 is 0 Å². The van der Waals surface area contributed by atoms with E-state index in [0.29, 0.717) is 6.04 Å². The summed E-state index contributed by atoms with van der Waals surface area (Å²) in [4.78, 5) is 2.66. The number of likely N-dealkylation sites (N-methyl/N-ethyl adjacent to an activating group) is 1. The van der Waals surface area contributed by atoms with E-state index in [9.17, 15) is 0 Å². The molecule has 0 aromatic carbocycles. The van der Waals surface area contributed by atoms with Gasteiger partial charge in [-0.05, 0) is 45.7 Å². The van der Waals surface area contributed by atoms with Crippen molar-refractivity contribution in [2.24, 2.45) is 5.92 Å². The third-order valence-electron chi connectivity index (χ3n) is 3.43. The highest BCUT2D eigenvalue weighted by molar-refractivity contribution is 4.85. The van der Waals surface area contributed by atoms with Crippen molar-refractivity contribution in [2.45, 2.75) is 66.5 Å². The molecule has 0 amide bonds. The molecule has 1 N–H and O–H groups in total. The Hall–Kier alpha value is -0.0800. The van der Waals surface area contributed by atoms with Gasteiger partial charge in [0.2, 0.25) is 0 Å². The summed E-state index contributed by atoms with van der Waals surface area (Å²) in [5.74, 6) is 0.852. The molecule has 1 aliphatic heterocycles. The Labute approximate surface area is 103 Å². The summed E-state index contributed by atoms with van der Waals surface area (Å²) in [6.07, 6.45) is 2.78. The monoisotopic (exact) mass is 228 g/mol. The van der Waals surface area contributed by atoms with Crippen molar-refractivity contribution in [2.75, 3.05) is 19.6 Å². The lowest BCUT2D eigenvalue weighted by atomic mass is 9.89. The Morgan fingerprint density at radius 1 is 1.31 bits per heavy atom. The quantitative estimate of drug-likeness (QED) is 0.795. The van der Waals surface area contributed by atoms with Crippen molar-refractivity contribution in [3.8, 4) is 0 Å². The van der Waals surface area contributed by atoms with Gasteiger partial charge in [-0.1, -0.05) is 27.7 Å². The zero-order chi connectivity index (χ0) is 12.6. The second-order valence-corrected chi connectivity index (χ2v) is 4.83. The van der Waals surface area contributed by atoms with E-state index in [1.165, 1.54) is 19.4 Å². The summed E-state index contributed by atoms with van der Waals surface area (Å²) in [5.41, 5.74) is 0. The third kappa shape index (κ3) is 4.84. The number of likely N-dealkylation sites (tertiary alicyclic amines) is 1. The van der Waals surface area contributed by atoms with Crippen LogP contribution in [0.15, 0.2) is 0 Å². The average molecular weight is 228 g/mol. The van der Waals surface area contributed by atoms with E-state index < -0.39 is 0 Å². The van der Waals surface area contributed by atoms with E-state index in [2.05, 4.69) is 37.9 Å². The first-order chi connectivity index (χ1) is 7.66. The maximum atomic E-state index is 3.49. The molecule has 2 unspecified atom stereocenters. The van der Waals surface area contributed by atoms with Gasteiger partial charge >= 0.3 is 0 Å². The average Bonchev–Trinajstić information content (AvgIpc) is 2.29. The molecule has 98 valence electrons. The van der Waals surface area contributed by atoms with Crippen LogP contribution in [-0.4, -0.2) is 36.6 Å². The summed E-state index contributed by atoms with van der Waals surface area (Å²) in [6.45, 7) is 16.8. The van der Waals surface area contributed by atoms with Crippen LogP contribution in [0.25, 0.3) is 0 Å². The van der Waals surface area contributed by atoms with Gasteiger partial charge in [-0.2, -0.15) is 0 Å². The Bertz CT molecular complexity index is 157. The van der Waals surface area contributed by atoms with Crippen molar-refractivity contribution < 1.29 is 0 Å². The zero-order valence-corrected chi connectivity index (χ0v) is 12.2. The van der Waals surface area contributed by atoms with Crippen LogP contribution < -0.4 is 5.32 Å². The SMILES string of the molecule is CC.CCNCC1C(C)CCCN1C(C)C. The van der Waals surface area contributed by atoms with Crippen LogP contribution in [0.1, 0.15) is 54.4 Å². The predicted octanol–water partition coefficient (Wildman–Crippen LogP) is 3.13. The predicted molar refractivity (Wildman–Crippen MR) is 73.9 cm³/mol. The van der Waals surface area contributed by atoms with E-state index in [1.54, 1.807) is 0 Å². The smallest absolute Gasteiger partial charge is 0.0248 e. The minimum absolute atomic E-state index is 0.696. The number of nitrogens with one attached hydrogen (secondary N) is 1. The molecule has 2 heteroatoms. The van der Waals surface area contributed by atoms with Crippen molar-refractivity contribution in [3.63, 3.8) is 0 Å². The van der Waals surface area contributed by atoms with Crippen molar-refractivity contribution in [3.05, 3.63) is 0 Å². The zero-order valence-electron chi connectivity index (χ0n) is 12.2. The topological polar surface area (TPSA) is 15.3 Å². The van der Waals surface area contributed by atoms with Crippen LogP contribution in [0.4, 0.5) is 0 Å². The summed E-state index contributed by atoms with van der Waals surface area (Å²) in [7, 11) is 0. The van der Waals surface area contributed by atoms with Crippen molar-refractivity contribution in [1.29, 1.82) is 0 Å². The van der Waals surface area contributed by atoms with Crippen molar-refractivity contribution in [1.82, 2.24) is 10.2 Å². The van der Waals surface area contributed by atoms with Gasteiger partial charge in [0.1, 0.15) is 0 Å². The molecule has 1 rings (SSSR count). The van der Waals surface area contributed by atoms with Crippen LogP contribution >= 0.6 is 0 Å². The molecule has 1 fully saturated rings. The molecule has 0 saturated carbocycles. The summed E-state index contributed by atoms with van der Waals surface area (Å²) in [6, 6.07) is 1.45. The van der Waals surface area contributed by atoms with Gasteiger partial charge in [-0.15, -0.1) is 0 Å². The molecule has 0 aliphatic carbocycles. The molecule has 1 heterocycles. The second kappa shape index (κ2) is 9.00. The lowest BCUT2D eigenvalue weighted by Gasteiger charge is -2.42. The van der Waals surface area contributed by atoms with Crippen LogP contribution in [0, 0.1) is 5.92 Å². The van der Waals surface area contributed by atoms with E-state index >= 15 is 0 Å². The molecular weight excluding hydrogens is 196 g/mol. The maximum Gasteiger partial charge on any atom is 0.0248 e. The minimum atomic E-state index is 0.696. The van der Waals surface area contributed by atoms with E-state index in [0.717, 1.165) is 25.0 Å². The number of rotatable bonds is 4. The first-order valence-electron chi connectivity index (χ1n) is 7.13. The van der Waals surface area contributed by atoms with Gasteiger partial charge in [0, 0.05) is 18.6 Å². The summed E-state index contributed by atoms with van der Waals surface area (Å²) < 4.78 is 0. The second-order valence-electron chi connectivity index (χ2n) is 4.83. The summed E-state index contributed by atoms with van der Waals surface area (Å²) in [5, 5.41) is 3.49. The highest BCUT2D eigenvalue weighted by Crippen LogP contribution is 2.24. The largest absolute Gasteiger partial charge is 0.315 e. The lowest BCUT2D eigenvalue weighted by molar-refractivity contribution is 0.0711. The van der Waals surface area contributed by atoms with Gasteiger partial charge in [0.15, 0.2) is 0 Å². The molecule has 0 radical (unpaired) electrons. The Morgan fingerprint density at radius 2 is 1.94 bits per heavy atom. The molecule has 16 heavy (non-hydrogen) atoms. The summed E-state index contributed by atoms with van der Waals surface area (Å²) >= 11 is 0. The number of piperidine rings is 1. The van der Waals surface area contributed by atoms with Gasteiger partial charge in [-0.3, -0.25) is 4.90 Å². The number of hydrogen-bond donors (Lipinski definition) is 1. The molecule has 0 spiro atoms. The molecular formula is C14H32N2. The Balaban J connectivity index is 0.00000106. The molecule has 2 nitrogen and oxygen atoms in total. The van der Waals surface area contributed by atoms with Crippen LogP contribution in [0.5, 0.6) is 0 Å². The molecule has 1 saturated heterocycles. The van der Waals surface area contributed by atoms with Crippen LogP contribution in [-0.2, 0) is 0 Å². The third-order valence-corrected chi connectivity index (χ3v) is 3.43. The lowest BCUT2D eigenvalue weighted by Crippen LogP contribution is -2.52. The van der Waals surface area contributed by atoms with Gasteiger partial charge in [0.25, 0.3) is 0 Å². The van der Waals surface area contributed by atoms with Gasteiger partial charge in [-0.25, -0.2) is 0 Å². The number of hydrogen-bond acceptors (Lipinski definition) is 2. The highest BCUT2D eigenvalue weighted by atomic mass is 15.2.